The predicted molar refractivity (Wildman–Crippen MR) is 79.8 cm³/mol. The minimum Gasteiger partial charge on any atom is -0.750 e. The maximum Gasteiger partial charge on any atom is 1.00 e. The number of nitrogen functional groups attached to an aromatic ring is 1. The van der Waals surface area contributed by atoms with Crippen LogP contribution in [0.5, 0.6) is 0 Å². The van der Waals surface area contributed by atoms with Crippen LogP contribution in [0.25, 0.3) is 0 Å². The number of rotatable bonds is 8. The van der Waals surface area contributed by atoms with Crippen molar-refractivity contribution in [3.63, 3.8) is 0 Å². The van der Waals surface area contributed by atoms with Crippen LogP contribution in [-0.4, -0.2) is 44.7 Å². The van der Waals surface area contributed by atoms with Gasteiger partial charge in [-0.2, -0.15) is 4.98 Å². The van der Waals surface area contributed by atoms with E-state index in [1.807, 2.05) is 0 Å². The Labute approximate surface area is 208 Å². The SMILES string of the molecule is Nc1ccn([C@@H]2O[C@H](CO[P+](=O)OP(=O)([O-])O[P+](=O)[O-])[C@@H](O)[C@H]2O)c(=O)n1.[Na+].[Na+]. The van der Waals surface area contributed by atoms with E-state index in [1.54, 1.807) is 0 Å². The molecule has 2 heterocycles. The summed E-state index contributed by atoms with van der Waals surface area (Å²) >= 11 is 0. The fourth-order valence-corrected chi connectivity index (χ4v) is 4.20. The van der Waals surface area contributed by atoms with Gasteiger partial charge in [0.15, 0.2) is 6.23 Å². The summed E-state index contributed by atoms with van der Waals surface area (Å²) in [6.07, 6.45) is -4.80. The molecule has 0 amide bonds. The van der Waals surface area contributed by atoms with Crippen molar-refractivity contribution < 1.29 is 111 Å². The number of hydrogen-bond acceptors (Lipinski definition) is 14. The van der Waals surface area contributed by atoms with Gasteiger partial charge in [0, 0.05) is 10.8 Å². The molecule has 3 unspecified atom stereocenters. The molecule has 20 heteroatoms. The number of nitrogens with two attached hydrogens (primary N) is 1. The summed E-state index contributed by atoms with van der Waals surface area (Å²) in [5.74, 6) is -0.0811. The molecular formula is C9H12N3Na2O12P3+2. The standard InChI is InChI=1S/C9H12N3O12P3.2Na/c10-5-1-2-12(9(15)11-5)8-7(14)6(13)4(22-8)3-21-26(18)24-27(19,20)23-25(16)17;;/h1-2,4,6-8,13-14H,3H2,(H2-,10,11,15,19,20);;/q;2*+1/t4-,6-,7-,8-;;/m1../s1. The molecule has 1 aromatic rings. The van der Waals surface area contributed by atoms with Crippen LogP contribution in [-0.2, 0) is 31.6 Å². The smallest absolute Gasteiger partial charge is 0.750 e. The van der Waals surface area contributed by atoms with Crippen molar-refractivity contribution in [2.75, 3.05) is 12.3 Å². The number of aliphatic hydroxyl groups is 2. The van der Waals surface area contributed by atoms with Crippen LogP contribution in [0.15, 0.2) is 17.1 Å². The fourth-order valence-electron chi connectivity index (χ4n) is 2.05. The molecule has 29 heavy (non-hydrogen) atoms. The van der Waals surface area contributed by atoms with E-state index < -0.39 is 61.2 Å². The van der Waals surface area contributed by atoms with E-state index in [2.05, 4.69) is 18.1 Å². The molecule has 150 valence electrons. The van der Waals surface area contributed by atoms with Crippen molar-refractivity contribution in [3.05, 3.63) is 22.7 Å². The first kappa shape index (κ1) is 29.8. The molecule has 0 spiro atoms. The maximum atomic E-state index is 11.8. The zero-order valence-electron chi connectivity index (χ0n) is 15.0. The van der Waals surface area contributed by atoms with Gasteiger partial charge in [-0.15, -0.1) is 4.52 Å². The minimum atomic E-state index is -5.44. The summed E-state index contributed by atoms with van der Waals surface area (Å²) in [6.45, 7) is -0.745. The van der Waals surface area contributed by atoms with Crippen LogP contribution in [0.1, 0.15) is 6.23 Å². The van der Waals surface area contributed by atoms with Crippen LogP contribution in [0, 0.1) is 0 Å². The Hall–Kier alpha value is 0.790. The molecule has 1 saturated heterocycles. The third kappa shape index (κ3) is 8.68. The van der Waals surface area contributed by atoms with Crippen molar-refractivity contribution in [2.24, 2.45) is 0 Å². The molecule has 2 rings (SSSR count). The molecule has 1 aliphatic rings. The summed E-state index contributed by atoms with van der Waals surface area (Å²) in [6, 6.07) is 1.24. The van der Waals surface area contributed by atoms with Crippen molar-refractivity contribution >= 4 is 30.2 Å². The van der Waals surface area contributed by atoms with E-state index in [4.69, 9.17) is 10.5 Å². The predicted octanol–water partition coefficient (Wildman–Crippen LogP) is -8.35. The molecule has 0 aromatic carbocycles. The van der Waals surface area contributed by atoms with Crippen LogP contribution in [0.3, 0.4) is 0 Å². The van der Waals surface area contributed by atoms with Crippen LogP contribution in [0.4, 0.5) is 5.82 Å². The summed E-state index contributed by atoms with van der Waals surface area (Å²) in [4.78, 5) is 36.4. The quantitative estimate of drug-likeness (QED) is 0.225. The first-order valence-corrected chi connectivity index (χ1v) is 10.5. The summed E-state index contributed by atoms with van der Waals surface area (Å²) < 4.78 is 50.4. The third-order valence-corrected chi connectivity index (χ3v) is 6.17. The Bertz CT molecular complexity index is 842. The Morgan fingerprint density at radius 2 is 1.93 bits per heavy atom. The van der Waals surface area contributed by atoms with Crippen LogP contribution in [0.2, 0.25) is 0 Å². The Balaban J connectivity index is 0.00000392. The average molecular weight is 493 g/mol. The summed E-state index contributed by atoms with van der Waals surface area (Å²) in [7, 11) is -12.7. The van der Waals surface area contributed by atoms with E-state index >= 15 is 0 Å². The van der Waals surface area contributed by atoms with Crippen molar-refractivity contribution in [1.29, 1.82) is 0 Å². The van der Waals surface area contributed by atoms with E-state index in [1.165, 1.54) is 6.07 Å². The largest absolute Gasteiger partial charge is 1.00 e. The van der Waals surface area contributed by atoms with E-state index in [0.29, 0.717) is 0 Å². The molecule has 0 aliphatic carbocycles. The topological polar surface area (TPSA) is 236 Å². The second-order valence-corrected chi connectivity index (χ2v) is 8.30. The zero-order valence-corrected chi connectivity index (χ0v) is 21.6. The average Bonchev–Trinajstić information content (AvgIpc) is 2.79. The third-order valence-electron chi connectivity index (χ3n) is 3.14. The summed E-state index contributed by atoms with van der Waals surface area (Å²) in [5, 5.41) is 19.9. The Kier molecular flexibility index (Phi) is 13.1. The van der Waals surface area contributed by atoms with Gasteiger partial charge in [-0.25, -0.2) is 4.79 Å². The van der Waals surface area contributed by atoms with Gasteiger partial charge < -0.3 is 30.5 Å². The normalized spacial score (nSPS) is 26.6. The van der Waals surface area contributed by atoms with Gasteiger partial charge in [-0.3, -0.25) is 9.13 Å². The number of phosphoric acid groups is 1. The monoisotopic (exact) mass is 493 g/mol. The molecule has 1 aliphatic heterocycles. The number of anilines is 1. The van der Waals surface area contributed by atoms with E-state index in [9.17, 15) is 38.5 Å². The molecule has 0 bridgehead atoms. The molecule has 1 aromatic heterocycles. The van der Waals surface area contributed by atoms with Gasteiger partial charge in [-0.1, -0.05) is 4.31 Å². The molecule has 1 fully saturated rings. The maximum absolute atomic E-state index is 11.8. The van der Waals surface area contributed by atoms with Gasteiger partial charge in [0.1, 0.15) is 30.7 Å². The van der Waals surface area contributed by atoms with Crippen LogP contribution >= 0.6 is 24.3 Å². The van der Waals surface area contributed by atoms with Gasteiger partial charge in [0.05, 0.1) is 0 Å². The van der Waals surface area contributed by atoms with E-state index in [-0.39, 0.29) is 64.9 Å². The molecule has 15 nitrogen and oxygen atoms in total. The summed E-state index contributed by atoms with van der Waals surface area (Å²) in [5.41, 5.74) is 4.46. The van der Waals surface area contributed by atoms with Gasteiger partial charge in [0.25, 0.3) is 0 Å². The molecule has 0 radical (unpaired) electrons. The second-order valence-electron chi connectivity index (χ2n) is 4.94. The molecule has 7 atom stereocenters. The first-order valence-electron chi connectivity index (χ1n) is 6.81. The Morgan fingerprint density at radius 1 is 1.31 bits per heavy atom. The number of hydrogen-bond donors (Lipinski definition) is 3. The fraction of sp³-hybridized carbons (Fsp3) is 0.556. The Morgan fingerprint density at radius 3 is 2.48 bits per heavy atom. The molecular weight excluding hydrogens is 481 g/mol. The van der Waals surface area contributed by atoms with Crippen LogP contribution < -0.4 is 80.3 Å². The second kappa shape index (κ2) is 12.7. The minimum absolute atomic E-state index is 0. The molecule has 0 saturated carbocycles. The van der Waals surface area contributed by atoms with Gasteiger partial charge >= 0.3 is 89.1 Å². The zero-order chi connectivity index (χ0) is 20.4. The number of aromatic nitrogens is 2. The van der Waals surface area contributed by atoms with Crippen molar-refractivity contribution in [2.45, 2.75) is 24.5 Å². The van der Waals surface area contributed by atoms with Gasteiger partial charge in [-0.05, 0) is 14.9 Å². The number of aliphatic hydroxyl groups excluding tert-OH is 2. The molecule has 4 N–H and O–H groups in total. The number of ether oxygens (including phenoxy) is 1. The van der Waals surface area contributed by atoms with E-state index in [0.717, 1.165) is 10.8 Å². The van der Waals surface area contributed by atoms with Crippen molar-refractivity contribution in [3.8, 4) is 0 Å². The number of nitrogens with zero attached hydrogens (tertiary/aromatic N) is 2. The van der Waals surface area contributed by atoms with Gasteiger partial charge in [0.2, 0.25) is 0 Å². The van der Waals surface area contributed by atoms with Crippen molar-refractivity contribution in [1.82, 2.24) is 9.55 Å². The first-order chi connectivity index (χ1) is 12.5.